The fourth-order valence-electron chi connectivity index (χ4n) is 1.39. The highest BCUT2D eigenvalue weighted by Crippen LogP contribution is 2.26. The van der Waals surface area contributed by atoms with Crippen LogP contribution >= 0.6 is 0 Å². The molecule has 0 aliphatic rings. The van der Waals surface area contributed by atoms with E-state index in [1.807, 2.05) is 5.32 Å². The zero-order chi connectivity index (χ0) is 24.7. The van der Waals surface area contributed by atoms with Gasteiger partial charge in [0.2, 0.25) is 0 Å². The Balaban J connectivity index is 2.77. The number of hydrogen-bond donors (Lipinski definition) is 1. The van der Waals surface area contributed by atoms with Crippen LogP contribution in [0.1, 0.15) is 41.4 Å². The lowest BCUT2D eigenvalue weighted by molar-refractivity contribution is 0.193. The third-order valence-corrected chi connectivity index (χ3v) is 2.23. The standard InChI is InChI=1S/C17H21NO/c1-14-8-6-7-11-16(14)19-17(12-13-18-2)15-9-4-3-5-10-15/h3-11,17-18H,12-13H2,1-2H3/i1D3,2D3,6D,7D,8D,11D,12D2,17D. The van der Waals surface area contributed by atoms with Crippen LogP contribution in [0.5, 0.6) is 5.75 Å². The highest BCUT2D eigenvalue weighted by atomic mass is 16.5. The van der Waals surface area contributed by atoms with Crippen molar-refractivity contribution in [3.63, 3.8) is 0 Å². The maximum absolute atomic E-state index is 8.84. The zero-order valence-electron chi connectivity index (χ0n) is 23.0. The molecule has 100 valence electrons. The molecule has 2 aromatic carbocycles. The first-order valence-electron chi connectivity index (χ1n) is 12.0. The third kappa shape index (κ3) is 3.83. The van der Waals surface area contributed by atoms with Crippen molar-refractivity contribution in [1.82, 2.24) is 5.32 Å². The van der Waals surface area contributed by atoms with Gasteiger partial charge in [-0.1, -0.05) is 48.5 Å². The molecular formula is C17H21NO. The van der Waals surface area contributed by atoms with Crippen LogP contribution < -0.4 is 10.1 Å². The molecule has 2 aromatic rings. The molecule has 0 heterocycles. The summed E-state index contributed by atoms with van der Waals surface area (Å²) < 4.78 is 108. The molecule has 2 rings (SSSR count). The molecule has 1 atom stereocenters. The van der Waals surface area contributed by atoms with Gasteiger partial charge in [0.05, 0.1) is 6.85 Å². The van der Waals surface area contributed by atoms with Gasteiger partial charge in [0.15, 0.2) is 0 Å². The van der Waals surface area contributed by atoms with Crippen molar-refractivity contribution >= 4 is 0 Å². The Labute approximate surface area is 133 Å². The summed E-state index contributed by atoms with van der Waals surface area (Å²) in [5.74, 6) is -0.910. The fraction of sp³-hybridized carbons (Fsp3) is 0.294. The highest BCUT2D eigenvalue weighted by molar-refractivity contribution is 5.33. The molecule has 2 heteroatoms. The minimum absolute atomic E-state index is 0.124. The lowest BCUT2D eigenvalue weighted by atomic mass is 10.1. The Morgan fingerprint density at radius 1 is 1.37 bits per heavy atom. The topological polar surface area (TPSA) is 21.3 Å². The third-order valence-electron chi connectivity index (χ3n) is 2.23. The van der Waals surface area contributed by atoms with Gasteiger partial charge in [-0.15, -0.1) is 0 Å². The smallest absolute Gasteiger partial charge is 0.125 e. The SMILES string of the molecule is [2H]c1c([2H])c([2H])c(C([2H])([2H])[2H])c(OC([2H])(c2ccccc2)C([2H])([2H])CNC([2H])([2H])[2H])c1[2H]. The van der Waals surface area contributed by atoms with Crippen LogP contribution in [0.15, 0.2) is 54.5 Å². The lowest BCUT2D eigenvalue weighted by Gasteiger charge is -2.20. The van der Waals surface area contributed by atoms with Gasteiger partial charge in [0.25, 0.3) is 0 Å². The second kappa shape index (κ2) is 6.95. The minimum Gasteiger partial charge on any atom is -0.485 e. The summed E-state index contributed by atoms with van der Waals surface area (Å²) in [6.45, 7) is -6.73. The Bertz CT molecular complexity index is 971. The van der Waals surface area contributed by atoms with Crippen LogP contribution in [0.2, 0.25) is 0 Å². The molecule has 0 bridgehead atoms. The Morgan fingerprint density at radius 2 is 2.21 bits per heavy atom. The predicted molar refractivity (Wildman–Crippen MR) is 79.5 cm³/mol. The summed E-state index contributed by atoms with van der Waals surface area (Å²) in [5, 5.41) is 1.98. The number of benzene rings is 2. The van der Waals surface area contributed by atoms with E-state index in [9.17, 15) is 0 Å². The maximum Gasteiger partial charge on any atom is 0.125 e. The first-order valence-corrected chi connectivity index (χ1v) is 5.53. The van der Waals surface area contributed by atoms with Crippen LogP contribution in [-0.4, -0.2) is 13.5 Å². The Hall–Kier alpha value is -1.80. The van der Waals surface area contributed by atoms with E-state index in [4.69, 9.17) is 22.6 Å². The van der Waals surface area contributed by atoms with Crippen LogP contribution in [0.3, 0.4) is 0 Å². The van der Waals surface area contributed by atoms with Crippen molar-refractivity contribution in [3.05, 3.63) is 65.6 Å². The molecule has 0 aliphatic carbocycles. The average Bonchev–Trinajstić information content (AvgIpc) is 2.68. The van der Waals surface area contributed by atoms with Gasteiger partial charge in [-0.2, -0.15) is 0 Å². The highest BCUT2D eigenvalue weighted by Gasteiger charge is 2.13. The Kier molecular flexibility index (Phi) is 1.70. The number of nitrogens with one attached hydrogen (secondary N) is 1. The molecule has 1 unspecified atom stereocenters. The summed E-state index contributed by atoms with van der Waals surface area (Å²) in [5.41, 5.74) is -1.03. The number of hydrogen-bond acceptors (Lipinski definition) is 2. The van der Waals surface area contributed by atoms with Crippen LogP contribution in [0.25, 0.3) is 0 Å². The van der Waals surface area contributed by atoms with Gasteiger partial charge in [-0.05, 0) is 37.5 Å². The molecule has 0 amide bonds. The molecular weight excluding hydrogens is 234 g/mol. The van der Waals surface area contributed by atoms with Crippen LogP contribution in [-0.2, 0) is 0 Å². The van der Waals surface area contributed by atoms with E-state index < -0.39 is 68.3 Å². The largest absolute Gasteiger partial charge is 0.485 e. The van der Waals surface area contributed by atoms with Gasteiger partial charge in [0, 0.05) is 17.3 Å². The Morgan fingerprint density at radius 3 is 3.00 bits per heavy atom. The first-order chi connectivity index (χ1) is 14.4. The molecule has 2 nitrogen and oxygen atoms in total. The van der Waals surface area contributed by atoms with Crippen molar-refractivity contribution in [2.75, 3.05) is 13.5 Å². The summed E-state index contributed by atoms with van der Waals surface area (Å²) in [6, 6.07) is 3.65. The first kappa shape index (κ1) is 4.64. The summed E-state index contributed by atoms with van der Waals surface area (Å²) >= 11 is 0. The quantitative estimate of drug-likeness (QED) is 0.862. The van der Waals surface area contributed by atoms with E-state index in [-0.39, 0.29) is 5.56 Å². The van der Waals surface area contributed by atoms with Crippen molar-refractivity contribution in [3.8, 4) is 5.75 Å². The van der Waals surface area contributed by atoms with E-state index in [1.165, 1.54) is 24.3 Å². The monoisotopic (exact) mass is 268 g/mol. The number of rotatable bonds is 6. The minimum atomic E-state index is -3.08. The van der Waals surface area contributed by atoms with Crippen molar-refractivity contribution < 1.29 is 22.6 Å². The summed E-state index contributed by atoms with van der Waals surface area (Å²) in [4.78, 5) is 0. The molecule has 0 aromatic heterocycles. The zero-order valence-corrected chi connectivity index (χ0v) is 10.0. The van der Waals surface area contributed by atoms with Crippen molar-refractivity contribution in [2.45, 2.75) is 19.3 Å². The summed E-state index contributed by atoms with van der Waals surface area (Å²) in [7, 11) is 0. The maximum atomic E-state index is 8.84. The second-order valence-corrected chi connectivity index (χ2v) is 3.53. The molecule has 0 spiro atoms. The van der Waals surface area contributed by atoms with Gasteiger partial charge in [-0.3, -0.25) is 0 Å². The van der Waals surface area contributed by atoms with Crippen molar-refractivity contribution in [1.29, 1.82) is 0 Å². The molecule has 0 saturated heterocycles. The summed E-state index contributed by atoms with van der Waals surface area (Å²) in [6.07, 6.45) is -5.59. The van der Waals surface area contributed by atoms with E-state index in [1.54, 1.807) is 6.07 Å². The molecule has 0 radical (unpaired) electrons. The second-order valence-electron chi connectivity index (χ2n) is 3.53. The average molecular weight is 268 g/mol. The van der Waals surface area contributed by atoms with Crippen LogP contribution in [0, 0.1) is 6.85 Å². The van der Waals surface area contributed by atoms with E-state index in [0.717, 1.165) is 0 Å². The van der Waals surface area contributed by atoms with Gasteiger partial charge < -0.3 is 10.1 Å². The van der Waals surface area contributed by atoms with Crippen molar-refractivity contribution in [2.24, 2.45) is 0 Å². The van der Waals surface area contributed by atoms with Gasteiger partial charge in [-0.25, -0.2) is 0 Å². The van der Waals surface area contributed by atoms with Crippen LogP contribution in [0.4, 0.5) is 0 Å². The fourth-order valence-corrected chi connectivity index (χ4v) is 1.39. The van der Waals surface area contributed by atoms with E-state index in [0.29, 0.717) is 0 Å². The molecule has 19 heavy (non-hydrogen) atoms. The number of ether oxygens (including phenoxy) is 1. The van der Waals surface area contributed by atoms with Gasteiger partial charge >= 0.3 is 0 Å². The molecule has 0 fully saturated rings. The number of para-hydroxylation sites is 1. The molecule has 0 aliphatic heterocycles. The normalized spacial score (nSPS) is 25.8. The molecule has 1 N–H and O–H groups in total. The van der Waals surface area contributed by atoms with Gasteiger partial charge in [0.1, 0.15) is 11.8 Å². The molecule has 0 saturated carbocycles. The predicted octanol–water partition coefficient (Wildman–Crippen LogP) is 3.72. The van der Waals surface area contributed by atoms with E-state index in [2.05, 4.69) is 0 Å². The lowest BCUT2D eigenvalue weighted by Crippen LogP contribution is -2.16. The van der Waals surface area contributed by atoms with E-state index >= 15 is 0 Å².